The molecule has 0 aliphatic carbocycles. The van der Waals surface area contributed by atoms with E-state index in [1.54, 1.807) is 20.0 Å². The highest BCUT2D eigenvalue weighted by Gasteiger charge is 2.18. The summed E-state index contributed by atoms with van der Waals surface area (Å²) in [5.74, 6) is 0.299. The van der Waals surface area contributed by atoms with Crippen LogP contribution in [-0.4, -0.2) is 15.9 Å². The van der Waals surface area contributed by atoms with Crippen LogP contribution in [0.1, 0.15) is 19.4 Å². The van der Waals surface area contributed by atoms with Gasteiger partial charge in [0.15, 0.2) is 0 Å². The van der Waals surface area contributed by atoms with E-state index < -0.39 is 5.60 Å². The molecule has 0 aliphatic heterocycles. The van der Waals surface area contributed by atoms with Gasteiger partial charge in [-0.25, -0.2) is 0 Å². The number of benzene rings is 1. The second-order valence-electron chi connectivity index (χ2n) is 4.75. The van der Waals surface area contributed by atoms with Crippen LogP contribution in [0, 0.1) is 0 Å². The molecule has 1 aromatic carbocycles. The highest BCUT2D eigenvalue weighted by Crippen LogP contribution is 2.30. The van der Waals surface area contributed by atoms with Crippen molar-refractivity contribution in [2.45, 2.75) is 25.9 Å². The first-order valence-electron chi connectivity index (χ1n) is 5.48. The van der Waals surface area contributed by atoms with E-state index in [9.17, 15) is 5.11 Å². The monoisotopic (exact) mass is 232 g/mol. The van der Waals surface area contributed by atoms with Crippen molar-refractivity contribution in [1.82, 2.24) is 5.16 Å². The molecule has 0 fully saturated rings. The predicted molar refractivity (Wildman–Crippen MR) is 66.4 cm³/mol. The molecule has 90 valence electrons. The quantitative estimate of drug-likeness (QED) is 0.851. The Morgan fingerprint density at radius 3 is 2.59 bits per heavy atom. The second-order valence-corrected chi connectivity index (χ2v) is 4.75. The molecule has 1 aromatic heterocycles. The standard InChI is InChI=1S/C13H16N2O2/c1-13(2,16)7-9-5-3-4-6-10(9)11-8-15-17-12(11)14/h3-6,8,16H,7,14H2,1-2H3. The molecule has 2 rings (SSSR count). The highest BCUT2D eigenvalue weighted by molar-refractivity contribution is 5.74. The third kappa shape index (κ3) is 2.65. The average Bonchev–Trinajstić information content (AvgIpc) is 2.63. The van der Waals surface area contributed by atoms with Crippen LogP contribution in [0.15, 0.2) is 35.0 Å². The normalized spacial score (nSPS) is 11.7. The fourth-order valence-electron chi connectivity index (χ4n) is 1.85. The maximum Gasteiger partial charge on any atom is 0.229 e. The van der Waals surface area contributed by atoms with E-state index in [1.807, 2.05) is 24.3 Å². The number of aliphatic hydroxyl groups is 1. The van der Waals surface area contributed by atoms with Crippen molar-refractivity contribution in [2.75, 3.05) is 5.73 Å². The Morgan fingerprint density at radius 2 is 2.00 bits per heavy atom. The largest absolute Gasteiger partial charge is 0.390 e. The molecule has 0 radical (unpaired) electrons. The van der Waals surface area contributed by atoms with Crippen LogP contribution in [0.25, 0.3) is 11.1 Å². The van der Waals surface area contributed by atoms with E-state index in [2.05, 4.69) is 5.16 Å². The number of nitrogen functional groups attached to an aromatic ring is 1. The number of rotatable bonds is 3. The molecule has 3 N–H and O–H groups in total. The number of hydrogen-bond donors (Lipinski definition) is 2. The van der Waals surface area contributed by atoms with Gasteiger partial charge in [-0.05, 0) is 25.0 Å². The molecule has 4 nitrogen and oxygen atoms in total. The lowest BCUT2D eigenvalue weighted by atomic mass is 9.92. The third-order valence-corrected chi connectivity index (χ3v) is 2.53. The number of anilines is 1. The summed E-state index contributed by atoms with van der Waals surface area (Å²) in [7, 11) is 0. The van der Waals surface area contributed by atoms with Gasteiger partial charge in [0, 0.05) is 6.42 Å². The molecule has 4 heteroatoms. The number of nitrogens with zero attached hydrogens (tertiary/aromatic N) is 1. The van der Waals surface area contributed by atoms with E-state index in [-0.39, 0.29) is 0 Å². The zero-order chi connectivity index (χ0) is 12.5. The minimum Gasteiger partial charge on any atom is -0.390 e. The molecule has 17 heavy (non-hydrogen) atoms. The molecule has 0 aliphatic rings. The molecule has 0 spiro atoms. The van der Waals surface area contributed by atoms with Crippen molar-refractivity contribution in [2.24, 2.45) is 0 Å². The summed E-state index contributed by atoms with van der Waals surface area (Å²) in [5.41, 5.74) is 7.70. The molecule has 0 saturated carbocycles. The van der Waals surface area contributed by atoms with Crippen LogP contribution in [0.2, 0.25) is 0 Å². The Kier molecular flexibility index (Phi) is 2.90. The minimum atomic E-state index is -0.762. The van der Waals surface area contributed by atoms with Gasteiger partial charge < -0.3 is 15.4 Å². The van der Waals surface area contributed by atoms with Crippen molar-refractivity contribution in [1.29, 1.82) is 0 Å². The lowest BCUT2D eigenvalue weighted by molar-refractivity contribution is 0.0811. The van der Waals surface area contributed by atoms with E-state index in [0.29, 0.717) is 12.3 Å². The summed E-state index contributed by atoms with van der Waals surface area (Å²) >= 11 is 0. The summed E-state index contributed by atoms with van der Waals surface area (Å²) in [6.45, 7) is 3.56. The smallest absolute Gasteiger partial charge is 0.229 e. The average molecular weight is 232 g/mol. The Balaban J connectivity index is 2.45. The van der Waals surface area contributed by atoms with Crippen molar-refractivity contribution in [3.05, 3.63) is 36.0 Å². The molecule has 0 saturated heterocycles. The van der Waals surface area contributed by atoms with Gasteiger partial charge in [0.1, 0.15) is 0 Å². The molecule has 0 atom stereocenters. The molecular formula is C13H16N2O2. The third-order valence-electron chi connectivity index (χ3n) is 2.53. The van der Waals surface area contributed by atoms with Gasteiger partial charge in [0.2, 0.25) is 5.88 Å². The van der Waals surface area contributed by atoms with Gasteiger partial charge in [-0.2, -0.15) is 0 Å². The fourth-order valence-corrected chi connectivity index (χ4v) is 1.85. The predicted octanol–water partition coefficient (Wildman–Crippen LogP) is 2.24. The topological polar surface area (TPSA) is 72.3 Å². The molecule has 0 bridgehead atoms. The van der Waals surface area contributed by atoms with Crippen LogP contribution in [0.5, 0.6) is 0 Å². The fraction of sp³-hybridized carbons (Fsp3) is 0.308. The van der Waals surface area contributed by atoms with Crippen molar-refractivity contribution < 1.29 is 9.63 Å². The Bertz CT molecular complexity index is 512. The summed E-state index contributed by atoms with van der Waals surface area (Å²) in [4.78, 5) is 0. The Labute approximate surface area is 100 Å². The summed E-state index contributed by atoms with van der Waals surface area (Å²) in [6.07, 6.45) is 2.15. The van der Waals surface area contributed by atoms with Gasteiger partial charge in [0.25, 0.3) is 0 Å². The van der Waals surface area contributed by atoms with E-state index >= 15 is 0 Å². The van der Waals surface area contributed by atoms with Crippen LogP contribution < -0.4 is 5.73 Å². The summed E-state index contributed by atoms with van der Waals surface area (Å²) in [5, 5.41) is 13.6. The zero-order valence-electron chi connectivity index (χ0n) is 9.97. The maximum atomic E-state index is 9.89. The number of hydrogen-bond acceptors (Lipinski definition) is 4. The summed E-state index contributed by atoms with van der Waals surface area (Å²) < 4.78 is 4.87. The van der Waals surface area contributed by atoms with Crippen molar-refractivity contribution in [3.8, 4) is 11.1 Å². The molecule has 0 unspecified atom stereocenters. The maximum absolute atomic E-state index is 9.89. The number of nitrogens with two attached hydrogens (primary N) is 1. The van der Waals surface area contributed by atoms with Gasteiger partial charge in [-0.3, -0.25) is 0 Å². The zero-order valence-corrected chi connectivity index (χ0v) is 9.97. The van der Waals surface area contributed by atoms with Crippen LogP contribution in [-0.2, 0) is 6.42 Å². The van der Waals surface area contributed by atoms with E-state index in [0.717, 1.165) is 16.7 Å². The van der Waals surface area contributed by atoms with Gasteiger partial charge in [-0.15, -0.1) is 0 Å². The lowest BCUT2D eigenvalue weighted by Gasteiger charge is -2.19. The first kappa shape index (κ1) is 11.7. The van der Waals surface area contributed by atoms with Crippen LogP contribution in [0.3, 0.4) is 0 Å². The summed E-state index contributed by atoms with van der Waals surface area (Å²) in [6, 6.07) is 7.79. The first-order chi connectivity index (χ1) is 7.97. The second kappa shape index (κ2) is 4.22. The Hall–Kier alpha value is -1.81. The molecule has 1 heterocycles. The SMILES string of the molecule is CC(C)(O)Cc1ccccc1-c1cnoc1N. The van der Waals surface area contributed by atoms with Gasteiger partial charge >= 0.3 is 0 Å². The lowest BCUT2D eigenvalue weighted by Crippen LogP contribution is -2.22. The number of aromatic nitrogens is 1. The van der Waals surface area contributed by atoms with E-state index in [1.165, 1.54) is 0 Å². The Morgan fingerprint density at radius 1 is 1.29 bits per heavy atom. The van der Waals surface area contributed by atoms with Gasteiger partial charge in [0.05, 0.1) is 17.4 Å². The van der Waals surface area contributed by atoms with E-state index in [4.69, 9.17) is 10.3 Å². The molecular weight excluding hydrogens is 216 g/mol. The van der Waals surface area contributed by atoms with Crippen molar-refractivity contribution in [3.63, 3.8) is 0 Å². The van der Waals surface area contributed by atoms with Crippen LogP contribution >= 0.6 is 0 Å². The minimum absolute atomic E-state index is 0.299. The van der Waals surface area contributed by atoms with Crippen molar-refractivity contribution >= 4 is 5.88 Å². The first-order valence-corrected chi connectivity index (χ1v) is 5.48. The van der Waals surface area contributed by atoms with Crippen LogP contribution in [0.4, 0.5) is 5.88 Å². The molecule has 0 amide bonds. The van der Waals surface area contributed by atoms with Gasteiger partial charge in [-0.1, -0.05) is 29.4 Å². The molecule has 2 aromatic rings. The highest BCUT2D eigenvalue weighted by atomic mass is 16.5.